The van der Waals surface area contributed by atoms with Gasteiger partial charge in [-0.05, 0) is 61.4 Å². The molecule has 186 valence electrons. The Morgan fingerprint density at radius 3 is 2.09 bits per heavy atom. The van der Waals surface area contributed by atoms with Gasteiger partial charge in [-0.3, -0.25) is 13.4 Å². The Balaban J connectivity index is 1.92. The van der Waals surface area contributed by atoms with Crippen molar-refractivity contribution < 1.29 is 21.6 Å². The van der Waals surface area contributed by atoms with Crippen LogP contribution in [0.3, 0.4) is 0 Å². The Hall–Kier alpha value is -3.37. The quantitative estimate of drug-likeness (QED) is 0.467. The largest absolute Gasteiger partial charge is 0.324 e. The van der Waals surface area contributed by atoms with Crippen LogP contribution in [0.2, 0.25) is 0 Å². The Morgan fingerprint density at radius 1 is 0.886 bits per heavy atom. The third-order valence-corrected chi connectivity index (χ3v) is 8.51. The molecule has 3 aromatic rings. The molecule has 1 amide bonds. The molecule has 0 radical (unpaired) electrons. The average Bonchev–Trinajstić information content (AvgIpc) is 2.82. The number of amides is 1. The maximum atomic E-state index is 13.5. The summed E-state index contributed by atoms with van der Waals surface area (Å²) in [6.07, 6.45) is 1.87. The zero-order valence-electron chi connectivity index (χ0n) is 20.1. The highest BCUT2D eigenvalue weighted by Gasteiger charge is 2.27. The van der Waals surface area contributed by atoms with Crippen molar-refractivity contribution in [1.29, 1.82) is 0 Å². The molecule has 0 aliphatic heterocycles. The van der Waals surface area contributed by atoms with Crippen LogP contribution < -0.4 is 13.9 Å². The molecule has 0 aromatic heterocycles. The first kappa shape index (κ1) is 26.2. The number of hydrogen-bond acceptors (Lipinski definition) is 5. The fourth-order valence-electron chi connectivity index (χ4n) is 3.35. The molecule has 1 N–H and O–H groups in total. The van der Waals surface area contributed by atoms with Crippen molar-refractivity contribution in [3.05, 3.63) is 83.9 Å². The van der Waals surface area contributed by atoms with E-state index in [1.54, 1.807) is 42.5 Å². The van der Waals surface area contributed by atoms with Crippen molar-refractivity contribution in [3.8, 4) is 0 Å². The van der Waals surface area contributed by atoms with Gasteiger partial charge in [-0.25, -0.2) is 16.8 Å². The molecule has 0 spiro atoms. The molecule has 0 aliphatic rings. The van der Waals surface area contributed by atoms with Crippen LogP contribution in [0.4, 0.5) is 17.1 Å². The molecule has 0 heterocycles. The fraction of sp³-hybridized carbons (Fsp3) is 0.240. The zero-order valence-corrected chi connectivity index (χ0v) is 21.7. The van der Waals surface area contributed by atoms with Gasteiger partial charge in [0.25, 0.3) is 10.0 Å². The molecular weight excluding hydrogens is 486 g/mol. The molecule has 35 heavy (non-hydrogen) atoms. The summed E-state index contributed by atoms with van der Waals surface area (Å²) < 4.78 is 52.9. The van der Waals surface area contributed by atoms with Gasteiger partial charge in [0.1, 0.15) is 6.54 Å². The van der Waals surface area contributed by atoms with Gasteiger partial charge in [-0.2, -0.15) is 0 Å². The Morgan fingerprint density at radius 2 is 1.51 bits per heavy atom. The van der Waals surface area contributed by atoms with Gasteiger partial charge in [0, 0.05) is 12.7 Å². The zero-order chi connectivity index (χ0) is 25.8. The van der Waals surface area contributed by atoms with Crippen molar-refractivity contribution >= 4 is 43.0 Å². The van der Waals surface area contributed by atoms with Crippen LogP contribution in [-0.2, 0) is 31.3 Å². The van der Waals surface area contributed by atoms with E-state index in [0.29, 0.717) is 17.1 Å². The SMILES string of the molecule is CCc1ccc(N(CC(=O)Nc2cccc(N(C)S(C)(=O)=O)c2)S(=O)(=O)c2ccc(C)cc2)cc1. The lowest BCUT2D eigenvalue weighted by atomic mass is 10.1. The van der Waals surface area contributed by atoms with E-state index in [4.69, 9.17) is 0 Å². The summed E-state index contributed by atoms with van der Waals surface area (Å²) in [5.41, 5.74) is 3.03. The van der Waals surface area contributed by atoms with Crippen molar-refractivity contribution in [2.75, 3.05) is 33.8 Å². The lowest BCUT2D eigenvalue weighted by Gasteiger charge is -2.24. The molecule has 0 saturated carbocycles. The topological polar surface area (TPSA) is 104 Å². The number of nitrogens with zero attached hydrogens (tertiary/aromatic N) is 2. The summed E-state index contributed by atoms with van der Waals surface area (Å²) in [5.74, 6) is -0.570. The van der Waals surface area contributed by atoms with Gasteiger partial charge in [-0.1, -0.05) is 42.8 Å². The monoisotopic (exact) mass is 515 g/mol. The number of sulfonamides is 2. The van der Waals surface area contributed by atoms with Crippen molar-refractivity contribution in [2.24, 2.45) is 0 Å². The summed E-state index contributed by atoms with van der Waals surface area (Å²) in [7, 11) is -6.11. The molecule has 0 saturated heterocycles. The maximum Gasteiger partial charge on any atom is 0.264 e. The van der Waals surface area contributed by atoms with Gasteiger partial charge >= 0.3 is 0 Å². The minimum atomic E-state index is -4.03. The predicted molar refractivity (Wildman–Crippen MR) is 140 cm³/mol. The lowest BCUT2D eigenvalue weighted by Crippen LogP contribution is -2.38. The third kappa shape index (κ3) is 6.40. The van der Waals surface area contributed by atoms with Crippen LogP contribution in [0.25, 0.3) is 0 Å². The molecule has 0 atom stereocenters. The number of carbonyl (C=O) groups is 1. The minimum Gasteiger partial charge on any atom is -0.324 e. The number of nitrogens with one attached hydrogen (secondary N) is 1. The molecule has 3 aromatic carbocycles. The third-order valence-electron chi connectivity index (χ3n) is 5.52. The predicted octanol–water partition coefficient (Wildman–Crippen LogP) is 3.79. The van der Waals surface area contributed by atoms with E-state index >= 15 is 0 Å². The molecular formula is C25H29N3O5S2. The standard InChI is InChI=1S/C25H29N3O5S2/c1-5-20-11-13-22(14-12-20)28(35(32,33)24-15-9-19(2)10-16-24)18-25(29)26-21-7-6-8-23(17-21)27(3)34(4,30)31/h6-17H,5,18H2,1-4H3,(H,26,29). The Kier molecular flexibility index (Phi) is 7.86. The highest BCUT2D eigenvalue weighted by molar-refractivity contribution is 7.93. The smallest absolute Gasteiger partial charge is 0.264 e. The minimum absolute atomic E-state index is 0.0762. The van der Waals surface area contributed by atoms with Gasteiger partial charge < -0.3 is 5.32 Å². The Bertz CT molecular complexity index is 1400. The van der Waals surface area contributed by atoms with E-state index in [9.17, 15) is 21.6 Å². The highest BCUT2D eigenvalue weighted by atomic mass is 32.2. The maximum absolute atomic E-state index is 13.5. The average molecular weight is 516 g/mol. The van der Waals surface area contributed by atoms with Crippen LogP contribution >= 0.6 is 0 Å². The van der Waals surface area contributed by atoms with Crippen LogP contribution in [0, 0.1) is 6.92 Å². The van der Waals surface area contributed by atoms with Gasteiger partial charge in [0.15, 0.2) is 0 Å². The first-order chi connectivity index (χ1) is 16.4. The number of aryl methyl sites for hydroxylation is 2. The second kappa shape index (κ2) is 10.5. The van der Waals surface area contributed by atoms with E-state index in [1.807, 2.05) is 26.0 Å². The van der Waals surface area contributed by atoms with Crippen molar-refractivity contribution in [2.45, 2.75) is 25.2 Å². The lowest BCUT2D eigenvalue weighted by molar-refractivity contribution is -0.114. The Labute approximate surface area is 207 Å². The van der Waals surface area contributed by atoms with E-state index in [1.165, 1.54) is 25.2 Å². The second-order valence-electron chi connectivity index (χ2n) is 8.17. The molecule has 0 unspecified atom stereocenters. The summed E-state index contributed by atoms with van der Waals surface area (Å²) in [4.78, 5) is 13.1. The number of carbonyl (C=O) groups excluding carboxylic acids is 1. The first-order valence-electron chi connectivity index (χ1n) is 10.9. The van der Waals surface area contributed by atoms with Gasteiger partial charge in [-0.15, -0.1) is 0 Å². The molecule has 8 nitrogen and oxygen atoms in total. The highest BCUT2D eigenvalue weighted by Crippen LogP contribution is 2.25. The van der Waals surface area contributed by atoms with Gasteiger partial charge in [0.05, 0.1) is 22.5 Å². The first-order valence-corrected chi connectivity index (χ1v) is 14.2. The summed E-state index contributed by atoms with van der Waals surface area (Å²) in [5, 5.41) is 2.68. The molecule has 0 aliphatic carbocycles. The summed E-state index contributed by atoms with van der Waals surface area (Å²) >= 11 is 0. The van der Waals surface area contributed by atoms with E-state index in [2.05, 4.69) is 5.32 Å². The van der Waals surface area contributed by atoms with E-state index in [-0.39, 0.29) is 4.90 Å². The molecule has 0 fully saturated rings. The summed E-state index contributed by atoms with van der Waals surface area (Å²) in [6, 6.07) is 19.8. The van der Waals surface area contributed by atoms with Crippen LogP contribution in [0.1, 0.15) is 18.1 Å². The number of hydrogen-bond donors (Lipinski definition) is 1. The van der Waals surface area contributed by atoms with Gasteiger partial charge in [0.2, 0.25) is 15.9 Å². The van der Waals surface area contributed by atoms with Crippen molar-refractivity contribution in [3.63, 3.8) is 0 Å². The number of anilines is 3. The summed E-state index contributed by atoms with van der Waals surface area (Å²) in [6.45, 7) is 3.40. The van der Waals surface area contributed by atoms with Crippen LogP contribution in [0.15, 0.2) is 77.7 Å². The molecule has 0 bridgehead atoms. The van der Waals surface area contributed by atoms with Crippen LogP contribution in [0.5, 0.6) is 0 Å². The van der Waals surface area contributed by atoms with E-state index in [0.717, 1.165) is 32.4 Å². The van der Waals surface area contributed by atoms with Crippen molar-refractivity contribution in [1.82, 2.24) is 0 Å². The normalized spacial score (nSPS) is 11.7. The number of benzene rings is 3. The fourth-order valence-corrected chi connectivity index (χ4v) is 5.27. The second-order valence-corrected chi connectivity index (χ2v) is 12.0. The van der Waals surface area contributed by atoms with Crippen LogP contribution in [-0.4, -0.2) is 42.6 Å². The molecule has 3 rings (SSSR count). The van der Waals surface area contributed by atoms with E-state index < -0.39 is 32.5 Å². The molecule has 10 heteroatoms. The number of rotatable bonds is 9.